The van der Waals surface area contributed by atoms with E-state index in [1.165, 1.54) is 0 Å². The number of aryl methyl sites for hydroxylation is 1. The molecule has 0 atom stereocenters. The van der Waals surface area contributed by atoms with Crippen LogP contribution in [0, 0.1) is 6.92 Å². The molecule has 142 valence electrons. The van der Waals surface area contributed by atoms with E-state index in [0.717, 1.165) is 58.1 Å². The minimum Gasteiger partial charge on any atom is -0.497 e. The molecule has 0 radical (unpaired) electrons. The van der Waals surface area contributed by atoms with Gasteiger partial charge in [-0.2, -0.15) is 0 Å². The lowest BCUT2D eigenvalue weighted by atomic mass is 10.1. The minimum atomic E-state index is -0.738. The van der Waals surface area contributed by atoms with Crippen molar-refractivity contribution in [2.75, 3.05) is 19.0 Å². The van der Waals surface area contributed by atoms with Crippen molar-refractivity contribution in [2.24, 2.45) is 0 Å². The van der Waals surface area contributed by atoms with Crippen LogP contribution in [0.15, 0.2) is 29.6 Å². The molecule has 0 saturated carbocycles. The third-order valence-corrected chi connectivity index (χ3v) is 5.18. The van der Waals surface area contributed by atoms with E-state index in [0.29, 0.717) is 6.42 Å². The summed E-state index contributed by atoms with van der Waals surface area (Å²) >= 11 is 1.61. The fraction of sp³-hybridized carbons (Fsp3) is 0.350. The Balaban J connectivity index is 1.79. The molecule has 0 bridgehead atoms. The molecule has 1 aromatic carbocycles. The second-order valence-electron chi connectivity index (χ2n) is 6.31. The van der Waals surface area contributed by atoms with Crippen LogP contribution in [0.2, 0.25) is 0 Å². The number of unbranched alkanes of at least 4 members (excludes halogenated alkanes) is 2. The Morgan fingerprint density at radius 1 is 1.19 bits per heavy atom. The molecule has 0 unspecified atom stereocenters. The summed E-state index contributed by atoms with van der Waals surface area (Å²) in [6.07, 6.45) is 2.70. The number of thiophene rings is 1. The highest BCUT2D eigenvalue weighted by Crippen LogP contribution is 2.37. The molecule has 2 heterocycles. The molecule has 0 amide bonds. The maximum atomic E-state index is 10.6. The highest BCUT2D eigenvalue weighted by Gasteiger charge is 2.14. The molecule has 0 spiro atoms. The number of hydrogen-bond acceptors (Lipinski definition) is 6. The standard InChI is InChI=1S/C20H23N3O3S/c1-13-22-19(21-11-5-3-4-6-17(24)25)18-16(12-27-20(18)23-13)14-7-9-15(26-2)10-8-14/h7-10,12H,3-6,11H2,1-2H3,(H,24,25)(H,21,22,23). The van der Waals surface area contributed by atoms with Crippen LogP contribution >= 0.6 is 11.3 Å². The predicted molar refractivity (Wildman–Crippen MR) is 109 cm³/mol. The molecule has 0 aliphatic heterocycles. The lowest BCUT2D eigenvalue weighted by Gasteiger charge is -2.10. The van der Waals surface area contributed by atoms with E-state index in [1.807, 2.05) is 31.2 Å². The number of aromatic nitrogens is 2. The first-order valence-electron chi connectivity index (χ1n) is 8.94. The molecule has 3 rings (SSSR count). The fourth-order valence-corrected chi connectivity index (χ4v) is 3.94. The summed E-state index contributed by atoms with van der Waals surface area (Å²) in [7, 11) is 1.66. The number of aliphatic carboxylic acids is 1. The number of anilines is 1. The van der Waals surface area contributed by atoms with Gasteiger partial charge in [0.2, 0.25) is 0 Å². The molecule has 27 heavy (non-hydrogen) atoms. The van der Waals surface area contributed by atoms with Gasteiger partial charge < -0.3 is 15.2 Å². The number of benzene rings is 1. The van der Waals surface area contributed by atoms with Gasteiger partial charge in [0, 0.05) is 23.9 Å². The minimum absolute atomic E-state index is 0.225. The molecule has 0 aliphatic carbocycles. The number of carbonyl (C=O) groups is 1. The zero-order valence-electron chi connectivity index (χ0n) is 15.5. The summed E-state index contributed by atoms with van der Waals surface area (Å²) in [4.78, 5) is 20.7. The Bertz CT molecular complexity index is 922. The molecule has 6 nitrogen and oxygen atoms in total. The van der Waals surface area contributed by atoms with Crippen molar-refractivity contribution >= 4 is 33.3 Å². The molecule has 0 fully saturated rings. The topological polar surface area (TPSA) is 84.3 Å². The van der Waals surface area contributed by atoms with Gasteiger partial charge in [-0.25, -0.2) is 9.97 Å². The van der Waals surface area contributed by atoms with E-state index in [2.05, 4.69) is 20.7 Å². The number of carboxylic acids is 1. The summed E-state index contributed by atoms with van der Waals surface area (Å²) in [5, 5.41) is 15.3. The maximum absolute atomic E-state index is 10.6. The van der Waals surface area contributed by atoms with E-state index in [9.17, 15) is 4.79 Å². The van der Waals surface area contributed by atoms with Gasteiger partial charge in [-0.3, -0.25) is 4.79 Å². The van der Waals surface area contributed by atoms with Gasteiger partial charge in [-0.05, 0) is 37.5 Å². The monoisotopic (exact) mass is 385 g/mol. The number of methoxy groups -OCH3 is 1. The van der Waals surface area contributed by atoms with Crippen molar-refractivity contribution in [1.82, 2.24) is 9.97 Å². The smallest absolute Gasteiger partial charge is 0.303 e. The Morgan fingerprint density at radius 2 is 1.96 bits per heavy atom. The van der Waals surface area contributed by atoms with Crippen molar-refractivity contribution in [3.8, 4) is 16.9 Å². The number of hydrogen-bond donors (Lipinski definition) is 2. The SMILES string of the molecule is COc1ccc(-c2csc3nc(C)nc(NCCCCCC(=O)O)c23)cc1. The normalized spacial score (nSPS) is 10.9. The molecule has 7 heteroatoms. The number of nitrogens with one attached hydrogen (secondary N) is 1. The molecule has 2 aromatic heterocycles. The quantitative estimate of drug-likeness (QED) is 0.518. The van der Waals surface area contributed by atoms with Crippen LogP contribution in [0.25, 0.3) is 21.3 Å². The number of rotatable bonds is 9. The van der Waals surface area contributed by atoms with Crippen LogP contribution in [-0.4, -0.2) is 34.7 Å². The van der Waals surface area contributed by atoms with E-state index in [4.69, 9.17) is 9.84 Å². The Labute approximate surface area is 162 Å². The lowest BCUT2D eigenvalue weighted by Crippen LogP contribution is -2.06. The first-order valence-corrected chi connectivity index (χ1v) is 9.82. The molecule has 2 N–H and O–H groups in total. The van der Waals surface area contributed by atoms with Crippen molar-refractivity contribution in [1.29, 1.82) is 0 Å². The second kappa shape index (κ2) is 8.81. The number of ether oxygens (including phenoxy) is 1. The first kappa shape index (κ1) is 19.1. The van der Waals surface area contributed by atoms with Crippen LogP contribution < -0.4 is 10.1 Å². The number of carboxylic acid groups (broad SMARTS) is 1. The molecular weight excluding hydrogens is 362 g/mol. The van der Waals surface area contributed by atoms with Gasteiger partial charge in [0.1, 0.15) is 22.2 Å². The summed E-state index contributed by atoms with van der Waals surface area (Å²) < 4.78 is 5.24. The summed E-state index contributed by atoms with van der Waals surface area (Å²) in [6.45, 7) is 2.65. The Kier molecular flexibility index (Phi) is 6.24. The second-order valence-corrected chi connectivity index (χ2v) is 7.17. The van der Waals surface area contributed by atoms with Crippen LogP contribution in [-0.2, 0) is 4.79 Å². The van der Waals surface area contributed by atoms with Gasteiger partial charge in [0.15, 0.2) is 0 Å². The van der Waals surface area contributed by atoms with E-state index < -0.39 is 5.97 Å². The largest absolute Gasteiger partial charge is 0.497 e. The Hall–Kier alpha value is -2.67. The highest BCUT2D eigenvalue weighted by atomic mass is 32.1. The van der Waals surface area contributed by atoms with Gasteiger partial charge in [0.05, 0.1) is 12.5 Å². The third kappa shape index (κ3) is 4.74. The molecule has 0 saturated heterocycles. The predicted octanol–water partition coefficient (Wildman–Crippen LogP) is 4.73. The third-order valence-electron chi connectivity index (χ3n) is 4.31. The van der Waals surface area contributed by atoms with Crippen molar-refractivity contribution in [2.45, 2.75) is 32.6 Å². The summed E-state index contributed by atoms with van der Waals surface area (Å²) in [5.74, 6) is 1.66. The number of nitrogens with zero attached hydrogens (tertiary/aromatic N) is 2. The zero-order valence-corrected chi connectivity index (χ0v) is 16.3. The van der Waals surface area contributed by atoms with Crippen LogP contribution in [0.4, 0.5) is 5.82 Å². The van der Waals surface area contributed by atoms with Crippen molar-refractivity contribution in [3.05, 3.63) is 35.5 Å². The average molecular weight is 385 g/mol. The Morgan fingerprint density at radius 3 is 2.67 bits per heavy atom. The van der Waals surface area contributed by atoms with Crippen LogP contribution in [0.3, 0.4) is 0 Å². The average Bonchev–Trinajstić information content (AvgIpc) is 3.08. The van der Waals surface area contributed by atoms with E-state index in [-0.39, 0.29) is 6.42 Å². The fourth-order valence-electron chi connectivity index (χ4n) is 2.94. The van der Waals surface area contributed by atoms with Gasteiger partial charge in [-0.15, -0.1) is 11.3 Å². The van der Waals surface area contributed by atoms with Crippen LogP contribution in [0.5, 0.6) is 5.75 Å². The van der Waals surface area contributed by atoms with E-state index >= 15 is 0 Å². The lowest BCUT2D eigenvalue weighted by molar-refractivity contribution is -0.137. The van der Waals surface area contributed by atoms with Gasteiger partial charge in [-0.1, -0.05) is 18.6 Å². The van der Waals surface area contributed by atoms with Crippen molar-refractivity contribution < 1.29 is 14.6 Å². The maximum Gasteiger partial charge on any atom is 0.303 e. The zero-order chi connectivity index (χ0) is 19.2. The summed E-state index contributed by atoms with van der Waals surface area (Å²) in [6, 6.07) is 7.97. The molecule has 3 aromatic rings. The summed E-state index contributed by atoms with van der Waals surface area (Å²) in [5.41, 5.74) is 2.20. The first-order chi connectivity index (χ1) is 13.1. The molecular formula is C20H23N3O3S. The van der Waals surface area contributed by atoms with Crippen molar-refractivity contribution in [3.63, 3.8) is 0 Å². The van der Waals surface area contributed by atoms with Gasteiger partial charge in [0.25, 0.3) is 0 Å². The van der Waals surface area contributed by atoms with Crippen LogP contribution in [0.1, 0.15) is 31.5 Å². The number of fused-ring (bicyclic) bond motifs is 1. The van der Waals surface area contributed by atoms with E-state index in [1.54, 1.807) is 18.4 Å². The van der Waals surface area contributed by atoms with Gasteiger partial charge >= 0.3 is 5.97 Å². The molecule has 0 aliphatic rings. The highest BCUT2D eigenvalue weighted by molar-refractivity contribution is 7.17.